The molecule has 122 valence electrons. The van der Waals surface area contributed by atoms with Crippen molar-refractivity contribution in [2.24, 2.45) is 5.92 Å². The number of nitrogens with one attached hydrogen (secondary N) is 1. The molecular weight excluding hydrogens is 317 g/mol. The van der Waals surface area contributed by atoms with E-state index in [4.69, 9.17) is 11.6 Å². The van der Waals surface area contributed by atoms with Crippen molar-refractivity contribution in [2.45, 2.75) is 38.6 Å². The Balaban J connectivity index is 1.62. The van der Waals surface area contributed by atoms with Crippen molar-refractivity contribution in [1.82, 2.24) is 9.78 Å². The number of hydrogen-bond donors (Lipinski definition) is 1. The zero-order valence-corrected chi connectivity index (χ0v) is 13.5. The summed E-state index contributed by atoms with van der Waals surface area (Å²) < 4.78 is 14.7. The Morgan fingerprint density at radius 1 is 1.35 bits per heavy atom. The van der Waals surface area contributed by atoms with Crippen LogP contribution in [0, 0.1) is 11.7 Å². The summed E-state index contributed by atoms with van der Waals surface area (Å²) in [4.78, 5) is 12.2. The van der Waals surface area contributed by atoms with Crippen molar-refractivity contribution in [1.29, 1.82) is 0 Å². The smallest absolute Gasteiger partial charge is 0.227 e. The lowest BCUT2D eigenvalue weighted by molar-refractivity contribution is -0.120. The molecule has 0 unspecified atom stereocenters. The molecule has 0 spiro atoms. The van der Waals surface area contributed by atoms with E-state index in [1.165, 1.54) is 18.6 Å². The number of nitrogens with zero attached hydrogens (tertiary/aromatic N) is 2. The molecule has 1 aromatic carbocycles. The van der Waals surface area contributed by atoms with Crippen molar-refractivity contribution in [2.75, 3.05) is 5.32 Å². The van der Waals surface area contributed by atoms with Crippen molar-refractivity contribution >= 4 is 23.2 Å². The van der Waals surface area contributed by atoms with Gasteiger partial charge in [0.25, 0.3) is 0 Å². The molecule has 1 saturated carbocycles. The van der Waals surface area contributed by atoms with E-state index in [-0.39, 0.29) is 17.6 Å². The Bertz CT molecular complexity index is 695. The highest BCUT2D eigenvalue weighted by Crippen LogP contribution is 2.25. The second-order valence-electron chi connectivity index (χ2n) is 5.99. The van der Waals surface area contributed by atoms with E-state index < -0.39 is 0 Å². The average molecular weight is 336 g/mol. The third-order valence-corrected chi connectivity index (χ3v) is 4.58. The molecule has 23 heavy (non-hydrogen) atoms. The van der Waals surface area contributed by atoms with E-state index in [1.807, 2.05) is 0 Å². The summed E-state index contributed by atoms with van der Waals surface area (Å²) in [7, 11) is 0. The molecule has 0 radical (unpaired) electrons. The second kappa shape index (κ2) is 7.13. The van der Waals surface area contributed by atoms with Crippen LogP contribution in [0.4, 0.5) is 10.1 Å². The van der Waals surface area contributed by atoms with Crippen LogP contribution in [0.15, 0.2) is 30.6 Å². The van der Waals surface area contributed by atoms with Gasteiger partial charge in [-0.2, -0.15) is 5.10 Å². The normalized spacial score (nSPS) is 15.6. The first-order valence-corrected chi connectivity index (χ1v) is 8.27. The quantitative estimate of drug-likeness (QED) is 0.908. The summed E-state index contributed by atoms with van der Waals surface area (Å²) in [6.07, 6.45) is 8.79. The van der Waals surface area contributed by atoms with Gasteiger partial charge in [0.2, 0.25) is 5.91 Å². The van der Waals surface area contributed by atoms with Crippen LogP contribution < -0.4 is 5.32 Å². The Kier molecular flexibility index (Phi) is 4.96. The predicted octanol–water partition coefficient (Wildman–Crippen LogP) is 4.24. The molecule has 2 aromatic rings. The third-order valence-electron chi connectivity index (χ3n) is 4.22. The fraction of sp³-hybridized carbons (Fsp3) is 0.412. The molecule has 0 bridgehead atoms. The van der Waals surface area contributed by atoms with Crippen LogP contribution in [0.5, 0.6) is 0 Å². The molecule has 3 rings (SSSR count). The minimum Gasteiger partial charge on any atom is -0.323 e. The van der Waals surface area contributed by atoms with Crippen LogP contribution >= 0.6 is 11.6 Å². The van der Waals surface area contributed by atoms with E-state index in [9.17, 15) is 9.18 Å². The SMILES string of the molecule is O=C(Nc1cnn(Cc2ccc(F)cc2Cl)c1)C1CCCCC1. The number of anilines is 1. The van der Waals surface area contributed by atoms with Crippen molar-refractivity contribution in [3.05, 3.63) is 47.0 Å². The highest BCUT2D eigenvalue weighted by atomic mass is 35.5. The van der Waals surface area contributed by atoms with Crippen LogP contribution in [-0.2, 0) is 11.3 Å². The summed E-state index contributed by atoms with van der Waals surface area (Å²) in [5.74, 6) is -0.178. The van der Waals surface area contributed by atoms with Gasteiger partial charge < -0.3 is 5.32 Å². The number of rotatable bonds is 4. The van der Waals surface area contributed by atoms with Gasteiger partial charge in [-0.25, -0.2) is 4.39 Å². The number of carbonyl (C=O) groups is 1. The number of halogens is 2. The summed E-state index contributed by atoms with van der Waals surface area (Å²) >= 11 is 6.02. The largest absolute Gasteiger partial charge is 0.323 e. The lowest BCUT2D eigenvalue weighted by Gasteiger charge is -2.20. The average Bonchev–Trinajstić information content (AvgIpc) is 2.98. The second-order valence-corrected chi connectivity index (χ2v) is 6.39. The van der Waals surface area contributed by atoms with Crippen molar-refractivity contribution in [3.63, 3.8) is 0 Å². The molecular formula is C17H19ClFN3O. The first kappa shape index (κ1) is 16.0. The van der Waals surface area contributed by atoms with Crippen LogP contribution in [-0.4, -0.2) is 15.7 Å². The monoisotopic (exact) mass is 335 g/mol. The highest BCUT2D eigenvalue weighted by Gasteiger charge is 2.21. The zero-order chi connectivity index (χ0) is 16.2. The van der Waals surface area contributed by atoms with Gasteiger partial charge in [0.05, 0.1) is 18.4 Å². The summed E-state index contributed by atoms with van der Waals surface area (Å²) in [5, 5.41) is 7.52. The summed E-state index contributed by atoms with van der Waals surface area (Å²) in [5.41, 5.74) is 1.46. The van der Waals surface area contributed by atoms with Gasteiger partial charge in [0.15, 0.2) is 0 Å². The maximum absolute atomic E-state index is 13.1. The molecule has 1 N–H and O–H groups in total. The first-order valence-electron chi connectivity index (χ1n) is 7.89. The Hall–Kier alpha value is -1.88. The minimum absolute atomic E-state index is 0.0732. The Labute approximate surface area is 139 Å². The van der Waals surface area contributed by atoms with Crippen LogP contribution in [0.2, 0.25) is 5.02 Å². The number of amides is 1. The summed E-state index contributed by atoms with van der Waals surface area (Å²) in [6, 6.07) is 4.29. The van der Waals surface area contributed by atoms with Gasteiger partial charge in [0, 0.05) is 17.1 Å². The number of hydrogen-bond acceptors (Lipinski definition) is 2. The van der Waals surface area contributed by atoms with Crippen LogP contribution in [0.25, 0.3) is 0 Å². The Morgan fingerprint density at radius 3 is 2.87 bits per heavy atom. The lowest BCUT2D eigenvalue weighted by Crippen LogP contribution is -2.24. The molecule has 4 nitrogen and oxygen atoms in total. The minimum atomic E-state index is -0.361. The predicted molar refractivity (Wildman–Crippen MR) is 87.9 cm³/mol. The van der Waals surface area contributed by atoms with Gasteiger partial charge in [-0.05, 0) is 30.5 Å². The molecule has 6 heteroatoms. The molecule has 0 aliphatic heterocycles. The molecule has 1 aliphatic carbocycles. The van der Waals surface area contributed by atoms with Gasteiger partial charge in [-0.3, -0.25) is 9.48 Å². The molecule has 1 heterocycles. The highest BCUT2D eigenvalue weighted by molar-refractivity contribution is 6.31. The topological polar surface area (TPSA) is 46.9 Å². The molecule has 1 aromatic heterocycles. The van der Waals surface area contributed by atoms with E-state index in [0.29, 0.717) is 17.3 Å². The number of benzene rings is 1. The van der Waals surface area contributed by atoms with Crippen LogP contribution in [0.3, 0.4) is 0 Å². The third kappa shape index (κ3) is 4.10. The molecule has 0 atom stereocenters. The van der Waals surface area contributed by atoms with Crippen molar-refractivity contribution < 1.29 is 9.18 Å². The van der Waals surface area contributed by atoms with Gasteiger partial charge in [0.1, 0.15) is 5.82 Å². The molecule has 0 saturated heterocycles. The standard InChI is InChI=1S/C17H19ClFN3O/c18-16-8-14(19)7-6-13(16)10-22-11-15(9-20-22)21-17(23)12-4-2-1-3-5-12/h6-9,11-12H,1-5,10H2,(H,21,23). The fourth-order valence-electron chi connectivity index (χ4n) is 2.95. The Morgan fingerprint density at radius 2 is 2.13 bits per heavy atom. The van der Waals surface area contributed by atoms with Crippen LogP contribution in [0.1, 0.15) is 37.7 Å². The zero-order valence-electron chi connectivity index (χ0n) is 12.8. The summed E-state index contributed by atoms with van der Waals surface area (Å²) in [6.45, 7) is 0.429. The molecule has 1 amide bonds. The number of aromatic nitrogens is 2. The lowest BCUT2D eigenvalue weighted by atomic mass is 9.89. The number of carbonyl (C=O) groups excluding carboxylic acids is 1. The first-order chi connectivity index (χ1) is 11.1. The fourth-order valence-corrected chi connectivity index (χ4v) is 3.18. The maximum Gasteiger partial charge on any atom is 0.227 e. The van der Waals surface area contributed by atoms with Gasteiger partial charge in [-0.15, -0.1) is 0 Å². The van der Waals surface area contributed by atoms with E-state index in [0.717, 1.165) is 31.2 Å². The van der Waals surface area contributed by atoms with E-state index >= 15 is 0 Å². The molecule has 1 fully saturated rings. The molecule has 1 aliphatic rings. The van der Waals surface area contributed by atoms with E-state index in [1.54, 1.807) is 23.1 Å². The maximum atomic E-state index is 13.1. The van der Waals surface area contributed by atoms with Gasteiger partial charge >= 0.3 is 0 Å². The van der Waals surface area contributed by atoms with Gasteiger partial charge in [-0.1, -0.05) is 36.9 Å². The van der Waals surface area contributed by atoms with E-state index in [2.05, 4.69) is 10.4 Å². The van der Waals surface area contributed by atoms with Crippen molar-refractivity contribution in [3.8, 4) is 0 Å².